The molecule has 1 aromatic carbocycles. The molecule has 4 rings (SSSR count). The van der Waals surface area contributed by atoms with Crippen molar-refractivity contribution in [2.24, 2.45) is 5.92 Å². The molecule has 1 aromatic heterocycles. The highest BCUT2D eigenvalue weighted by atomic mass is 16.2. The van der Waals surface area contributed by atoms with Gasteiger partial charge in [0.15, 0.2) is 5.78 Å². The molecule has 0 radical (unpaired) electrons. The summed E-state index contributed by atoms with van der Waals surface area (Å²) in [6, 6.07) is 7.54. The summed E-state index contributed by atoms with van der Waals surface area (Å²) >= 11 is 0. The largest absolute Gasteiger partial charge is 0.355 e. The number of aromatic nitrogens is 1. The Morgan fingerprint density at radius 1 is 1.25 bits per heavy atom. The van der Waals surface area contributed by atoms with Crippen molar-refractivity contribution in [3.63, 3.8) is 0 Å². The molecule has 28 heavy (non-hydrogen) atoms. The van der Waals surface area contributed by atoms with Gasteiger partial charge >= 0.3 is 0 Å². The molecule has 2 aromatic rings. The Kier molecular flexibility index (Phi) is 4.75. The molecule has 5 heteroatoms. The molecule has 2 aliphatic rings. The van der Waals surface area contributed by atoms with Crippen LogP contribution in [0.2, 0.25) is 0 Å². The molecular weight excluding hydrogens is 352 g/mol. The average molecular weight is 376 g/mol. The van der Waals surface area contributed by atoms with Gasteiger partial charge in [-0.15, -0.1) is 0 Å². The van der Waals surface area contributed by atoms with Crippen molar-refractivity contribution in [1.82, 2.24) is 9.88 Å². The van der Waals surface area contributed by atoms with Crippen molar-refractivity contribution in [2.45, 2.75) is 39.2 Å². The number of hydrogen-bond donors (Lipinski definition) is 1. The number of carbonyl (C=O) groups is 2. The van der Waals surface area contributed by atoms with Crippen LogP contribution in [0.5, 0.6) is 0 Å². The van der Waals surface area contributed by atoms with E-state index in [1.165, 1.54) is 28.8 Å². The van der Waals surface area contributed by atoms with Crippen molar-refractivity contribution >= 4 is 17.8 Å². The summed E-state index contributed by atoms with van der Waals surface area (Å²) in [5, 5.41) is 2.51. The molecule has 1 saturated carbocycles. The second-order valence-electron chi connectivity index (χ2n) is 7.88. The van der Waals surface area contributed by atoms with E-state index in [9.17, 15) is 14.4 Å². The van der Waals surface area contributed by atoms with Crippen molar-refractivity contribution in [1.29, 1.82) is 0 Å². The van der Waals surface area contributed by atoms with Crippen molar-refractivity contribution in [3.05, 3.63) is 74.2 Å². The van der Waals surface area contributed by atoms with Gasteiger partial charge in [0, 0.05) is 25.2 Å². The number of Topliss-reactive ketones (excluding diaryl/α,β-unsaturated/α-hetero) is 1. The SMILES string of the molecule is CNC(=O)c1cc(C(=O)CC2CC2)cn(Cc2cccc3c2C=C(C)C3)c1=O. The van der Waals surface area contributed by atoms with Crippen LogP contribution >= 0.6 is 0 Å². The van der Waals surface area contributed by atoms with Crippen LogP contribution in [-0.4, -0.2) is 23.3 Å². The lowest BCUT2D eigenvalue weighted by atomic mass is 10.0. The van der Waals surface area contributed by atoms with Gasteiger partial charge in [-0.05, 0) is 54.9 Å². The number of pyridine rings is 1. The topological polar surface area (TPSA) is 68.2 Å². The van der Waals surface area contributed by atoms with E-state index < -0.39 is 5.91 Å². The van der Waals surface area contributed by atoms with Crippen LogP contribution < -0.4 is 10.9 Å². The molecular formula is C23H24N2O3. The first kappa shape index (κ1) is 18.4. The summed E-state index contributed by atoms with van der Waals surface area (Å²) in [5.41, 5.74) is 4.77. The number of hydrogen-bond acceptors (Lipinski definition) is 3. The molecule has 1 amide bonds. The summed E-state index contributed by atoms with van der Waals surface area (Å²) in [4.78, 5) is 37.8. The van der Waals surface area contributed by atoms with Crippen LogP contribution in [0.4, 0.5) is 0 Å². The minimum absolute atomic E-state index is 0.00423. The summed E-state index contributed by atoms with van der Waals surface area (Å²) < 4.78 is 1.50. The smallest absolute Gasteiger partial charge is 0.263 e. The van der Waals surface area contributed by atoms with Gasteiger partial charge in [0.05, 0.1) is 6.54 Å². The van der Waals surface area contributed by atoms with Gasteiger partial charge in [-0.25, -0.2) is 0 Å². The number of rotatable bonds is 6. The maximum atomic E-state index is 12.9. The number of ketones is 1. The van der Waals surface area contributed by atoms with E-state index >= 15 is 0 Å². The second-order valence-corrected chi connectivity index (χ2v) is 7.88. The van der Waals surface area contributed by atoms with Gasteiger partial charge < -0.3 is 9.88 Å². The second kappa shape index (κ2) is 7.23. The highest BCUT2D eigenvalue weighted by molar-refractivity contribution is 6.00. The Hall–Kier alpha value is -2.95. The molecule has 0 saturated heterocycles. The fourth-order valence-electron chi connectivity index (χ4n) is 3.83. The van der Waals surface area contributed by atoms with Gasteiger partial charge in [0.25, 0.3) is 11.5 Å². The van der Waals surface area contributed by atoms with Crippen LogP contribution in [0.3, 0.4) is 0 Å². The molecule has 144 valence electrons. The monoisotopic (exact) mass is 376 g/mol. The van der Waals surface area contributed by atoms with Crippen LogP contribution in [0.1, 0.15) is 63.6 Å². The molecule has 0 atom stereocenters. The van der Waals surface area contributed by atoms with Crippen LogP contribution in [0.15, 0.2) is 40.8 Å². The van der Waals surface area contributed by atoms with Gasteiger partial charge in [-0.1, -0.05) is 29.8 Å². The Labute approximate surface area is 164 Å². The average Bonchev–Trinajstić information content (AvgIpc) is 3.40. The van der Waals surface area contributed by atoms with Crippen molar-refractivity contribution in [3.8, 4) is 0 Å². The zero-order chi connectivity index (χ0) is 19.8. The Morgan fingerprint density at radius 2 is 2.04 bits per heavy atom. The first-order valence-electron chi connectivity index (χ1n) is 9.74. The van der Waals surface area contributed by atoms with Crippen LogP contribution in [-0.2, 0) is 13.0 Å². The minimum Gasteiger partial charge on any atom is -0.355 e. The van der Waals surface area contributed by atoms with E-state index in [4.69, 9.17) is 0 Å². The lowest BCUT2D eigenvalue weighted by molar-refractivity contribution is 0.0961. The lowest BCUT2D eigenvalue weighted by Crippen LogP contribution is -2.32. The molecule has 1 heterocycles. The normalized spacial score (nSPS) is 15.1. The highest BCUT2D eigenvalue weighted by Crippen LogP contribution is 2.33. The third-order valence-corrected chi connectivity index (χ3v) is 5.54. The fourth-order valence-corrected chi connectivity index (χ4v) is 3.83. The van der Waals surface area contributed by atoms with E-state index in [0.29, 0.717) is 24.4 Å². The third-order valence-electron chi connectivity index (χ3n) is 5.54. The molecule has 0 aliphatic heterocycles. The van der Waals surface area contributed by atoms with Crippen LogP contribution in [0, 0.1) is 5.92 Å². The van der Waals surface area contributed by atoms with E-state index in [2.05, 4.69) is 24.4 Å². The molecule has 0 spiro atoms. The number of fused-ring (bicyclic) bond motifs is 1. The summed E-state index contributed by atoms with van der Waals surface area (Å²) in [6.45, 7) is 2.43. The Morgan fingerprint density at radius 3 is 2.75 bits per heavy atom. The van der Waals surface area contributed by atoms with E-state index in [1.54, 1.807) is 6.20 Å². The summed E-state index contributed by atoms with van der Waals surface area (Å²) in [7, 11) is 1.49. The molecule has 0 bridgehead atoms. The fraction of sp³-hybridized carbons (Fsp3) is 0.348. The molecule has 0 unspecified atom stereocenters. The van der Waals surface area contributed by atoms with Gasteiger partial charge in [0.1, 0.15) is 5.56 Å². The summed E-state index contributed by atoms with van der Waals surface area (Å²) in [6.07, 6.45) is 7.32. The highest BCUT2D eigenvalue weighted by Gasteiger charge is 2.26. The predicted octanol–water partition coefficient (Wildman–Crippen LogP) is 3.20. The zero-order valence-electron chi connectivity index (χ0n) is 16.2. The number of nitrogens with one attached hydrogen (secondary N) is 1. The summed E-state index contributed by atoms with van der Waals surface area (Å²) in [5.74, 6) is -0.0221. The van der Waals surface area contributed by atoms with Crippen molar-refractivity contribution < 1.29 is 9.59 Å². The molecule has 2 aliphatic carbocycles. The molecule has 1 N–H and O–H groups in total. The number of allylic oxidation sites excluding steroid dienone is 1. The van der Waals surface area contributed by atoms with Gasteiger partial charge in [-0.2, -0.15) is 0 Å². The standard InChI is InChI=1S/C23H24N2O3/c1-14-8-16-4-3-5-17(19(16)9-14)12-25-13-18(21(26)10-15-6-7-15)11-20(23(25)28)22(27)24-2/h3-5,9,11,13,15H,6-8,10,12H2,1-2H3,(H,24,27). The van der Waals surface area contributed by atoms with Crippen LogP contribution in [0.25, 0.3) is 6.08 Å². The lowest BCUT2D eigenvalue weighted by Gasteiger charge is -2.13. The maximum Gasteiger partial charge on any atom is 0.263 e. The Balaban J connectivity index is 1.76. The predicted molar refractivity (Wildman–Crippen MR) is 109 cm³/mol. The number of nitrogens with zero attached hydrogens (tertiary/aromatic N) is 1. The van der Waals surface area contributed by atoms with Gasteiger partial charge in [0.2, 0.25) is 0 Å². The number of carbonyl (C=O) groups excluding carboxylic acids is 2. The first-order chi connectivity index (χ1) is 13.5. The Bertz CT molecular complexity index is 1060. The van der Waals surface area contributed by atoms with E-state index in [-0.39, 0.29) is 16.9 Å². The van der Waals surface area contributed by atoms with E-state index in [1.807, 2.05) is 12.1 Å². The minimum atomic E-state index is -0.464. The van der Waals surface area contributed by atoms with Crippen molar-refractivity contribution in [2.75, 3.05) is 7.05 Å². The third kappa shape index (κ3) is 3.57. The zero-order valence-corrected chi connectivity index (χ0v) is 16.2. The number of benzene rings is 1. The first-order valence-corrected chi connectivity index (χ1v) is 9.74. The molecule has 1 fully saturated rings. The number of amides is 1. The van der Waals surface area contributed by atoms with Gasteiger partial charge in [-0.3, -0.25) is 14.4 Å². The molecule has 5 nitrogen and oxygen atoms in total. The van der Waals surface area contributed by atoms with E-state index in [0.717, 1.165) is 30.4 Å². The maximum absolute atomic E-state index is 12.9. The quantitative estimate of drug-likeness (QED) is 0.787.